The smallest absolute Gasteiger partial charge is 0.0442 e. The molecule has 0 N–H and O–H groups in total. The molecule has 0 aliphatic carbocycles. The molecule has 0 atom stereocenters. The van der Waals surface area contributed by atoms with Crippen molar-refractivity contribution in [1.29, 1.82) is 0 Å². The van der Waals surface area contributed by atoms with E-state index in [9.17, 15) is 0 Å². The average molecular weight is 513 g/mol. The fourth-order valence-corrected chi connectivity index (χ4v) is 0. The van der Waals surface area contributed by atoms with Crippen LogP contribution in [-0.4, -0.2) is 0 Å². The molecule has 0 saturated heterocycles. The molecule has 0 unspecified atom stereocenters. The second-order valence-corrected chi connectivity index (χ2v) is 12.4. The maximum Gasteiger partial charge on any atom is -0.0442 e. The van der Waals surface area contributed by atoms with Crippen molar-refractivity contribution in [2.24, 2.45) is 23.7 Å². The molecule has 0 aromatic carbocycles. The lowest BCUT2D eigenvalue weighted by Gasteiger charge is -1.79. The van der Waals surface area contributed by atoms with E-state index in [0.29, 0.717) is 0 Å². The standard InChI is InChI=1S/4C5H10.4C4H10/c4*1-4-5(2)3;4*1-4(2)3/h4*4H,1-3H3;4*4H,1-3H3. The minimum absolute atomic E-state index is 0.833. The summed E-state index contributed by atoms with van der Waals surface area (Å²) in [5, 5.41) is 0. The van der Waals surface area contributed by atoms with Gasteiger partial charge >= 0.3 is 0 Å². The van der Waals surface area contributed by atoms with Crippen LogP contribution in [0, 0.1) is 23.7 Å². The normalized spacial score (nSPS) is 7.89. The second kappa shape index (κ2) is 50.8. The molecule has 0 amide bonds. The topological polar surface area (TPSA) is 0 Å². The Morgan fingerprint density at radius 1 is 0.278 bits per heavy atom. The van der Waals surface area contributed by atoms with Crippen LogP contribution in [0.1, 0.15) is 166 Å². The van der Waals surface area contributed by atoms with Crippen LogP contribution >= 0.6 is 0 Å². The summed E-state index contributed by atoms with van der Waals surface area (Å²) in [7, 11) is 0. The van der Waals surface area contributed by atoms with Crippen LogP contribution in [0.15, 0.2) is 46.6 Å². The molecule has 0 heterocycles. The monoisotopic (exact) mass is 513 g/mol. The van der Waals surface area contributed by atoms with E-state index >= 15 is 0 Å². The maximum atomic E-state index is 2.17. The van der Waals surface area contributed by atoms with Gasteiger partial charge in [0.2, 0.25) is 0 Å². The van der Waals surface area contributed by atoms with Crippen LogP contribution in [0.5, 0.6) is 0 Å². The van der Waals surface area contributed by atoms with Crippen LogP contribution in [0.25, 0.3) is 0 Å². The Balaban J connectivity index is -0.0000000416. The predicted octanol–water partition coefficient (Wildman–Crippen LogP) is 14.5. The summed E-state index contributed by atoms with van der Waals surface area (Å²) in [6.07, 6.45) is 8.33. The Bertz CT molecular complexity index is 333. The lowest BCUT2D eigenvalue weighted by atomic mass is 10.3. The highest BCUT2D eigenvalue weighted by atomic mass is 13.8. The molecule has 0 rings (SSSR count). The van der Waals surface area contributed by atoms with E-state index in [1.165, 1.54) is 22.3 Å². The number of hydrogen-bond acceptors (Lipinski definition) is 0. The molecule has 0 aromatic rings. The summed E-state index contributed by atoms with van der Waals surface area (Å²) in [5.74, 6) is 3.33. The van der Waals surface area contributed by atoms with Crippen molar-refractivity contribution in [1.82, 2.24) is 0 Å². The lowest BCUT2D eigenvalue weighted by molar-refractivity contribution is 0.736. The van der Waals surface area contributed by atoms with Crippen molar-refractivity contribution < 1.29 is 0 Å². The van der Waals surface area contributed by atoms with Crippen LogP contribution in [0.4, 0.5) is 0 Å². The average Bonchev–Trinajstić information content (AvgIpc) is 2.67. The van der Waals surface area contributed by atoms with Crippen LogP contribution < -0.4 is 0 Å². The van der Waals surface area contributed by atoms with Gasteiger partial charge in [-0.3, -0.25) is 0 Å². The van der Waals surface area contributed by atoms with Gasteiger partial charge in [0.25, 0.3) is 0 Å². The van der Waals surface area contributed by atoms with Crippen LogP contribution in [0.3, 0.4) is 0 Å². The first-order valence-corrected chi connectivity index (χ1v) is 14.4. The highest BCUT2D eigenvalue weighted by Crippen LogP contribution is 1.84. The van der Waals surface area contributed by atoms with Gasteiger partial charge in [-0.1, -0.05) is 130 Å². The van der Waals surface area contributed by atoms with E-state index in [0.717, 1.165) is 23.7 Å². The third kappa shape index (κ3) is 695. The molecule has 224 valence electrons. The van der Waals surface area contributed by atoms with Gasteiger partial charge < -0.3 is 0 Å². The maximum absolute atomic E-state index is 2.17. The van der Waals surface area contributed by atoms with Crippen molar-refractivity contribution in [2.45, 2.75) is 166 Å². The summed E-state index contributed by atoms with van der Waals surface area (Å²) < 4.78 is 0. The summed E-state index contributed by atoms with van der Waals surface area (Å²) in [6, 6.07) is 0. The minimum atomic E-state index is 0.833. The Morgan fingerprint density at radius 2 is 0.306 bits per heavy atom. The molecule has 0 aliphatic rings. The molecule has 36 heavy (non-hydrogen) atoms. The fourth-order valence-electron chi connectivity index (χ4n) is 0. The van der Waals surface area contributed by atoms with E-state index in [1.807, 2.05) is 27.7 Å². The van der Waals surface area contributed by atoms with Crippen LogP contribution in [0.2, 0.25) is 0 Å². The van der Waals surface area contributed by atoms with Crippen molar-refractivity contribution >= 4 is 0 Å². The Hall–Kier alpha value is -1.04. The first-order valence-electron chi connectivity index (χ1n) is 14.4. The molecule has 0 aliphatic heterocycles. The molecular weight excluding hydrogens is 432 g/mol. The Kier molecular flexibility index (Phi) is 78.2. The summed E-state index contributed by atoms with van der Waals surface area (Å²) in [5.41, 5.74) is 5.52. The molecule has 0 fully saturated rings. The first kappa shape index (κ1) is 55.5. The summed E-state index contributed by atoms with van der Waals surface area (Å²) in [6.45, 7) is 50.8. The number of hydrogen-bond donors (Lipinski definition) is 0. The zero-order chi connectivity index (χ0) is 31.4. The van der Waals surface area contributed by atoms with Crippen molar-refractivity contribution in [3.8, 4) is 0 Å². The quantitative estimate of drug-likeness (QED) is 0.283. The Labute approximate surface area is 236 Å². The van der Waals surface area contributed by atoms with Gasteiger partial charge in [0.1, 0.15) is 0 Å². The Morgan fingerprint density at radius 3 is 0.306 bits per heavy atom. The highest BCUT2D eigenvalue weighted by molar-refractivity contribution is 4.90. The van der Waals surface area contributed by atoms with Gasteiger partial charge in [-0.05, 0) is 107 Å². The molecule has 0 heteroatoms. The van der Waals surface area contributed by atoms with Gasteiger partial charge in [0.05, 0.1) is 0 Å². The largest absolute Gasteiger partial charge is 0.0890 e. The molecule has 0 aromatic heterocycles. The van der Waals surface area contributed by atoms with Gasteiger partial charge in [-0.25, -0.2) is 0 Å². The highest BCUT2D eigenvalue weighted by Gasteiger charge is 1.69. The predicted molar refractivity (Wildman–Crippen MR) is 182 cm³/mol. The molecule has 0 saturated carbocycles. The summed E-state index contributed by atoms with van der Waals surface area (Å²) in [4.78, 5) is 0. The van der Waals surface area contributed by atoms with Gasteiger partial charge in [-0.2, -0.15) is 0 Å². The van der Waals surface area contributed by atoms with Gasteiger partial charge in [0, 0.05) is 0 Å². The summed E-state index contributed by atoms with van der Waals surface area (Å²) >= 11 is 0. The first-order chi connectivity index (χ1) is 16.0. The lowest BCUT2D eigenvalue weighted by Crippen LogP contribution is -1.66. The van der Waals surface area contributed by atoms with E-state index in [-0.39, 0.29) is 0 Å². The molecule has 0 nitrogen and oxygen atoms in total. The number of rotatable bonds is 0. The molecule has 0 radical (unpaired) electrons. The fraction of sp³-hybridized carbons (Fsp3) is 0.778. The second-order valence-electron chi connectivity index (χ2n) is 12.4. The van der Waals surface area contributed by atoms with Gasteiger partial charge in [-0.15, -0.1) is 0 Å². The van der Waals surface area contributed by atoms with E-state index in [4.69, 9.17) is 0 Å². The third-order valence-corrected chi connectivity index (χ3v) is 2.31. The van der Waals surface area contributed by atoms with Crippen molar-refractivity contribution in [2.75, 3.05) is 0 Å². The minimum Gasteiger partial charge on any atom is -0.0890 e. The van der Waals surface area contributed by atoms with E-state index in [2.05, 4.69) is 163 Å². The zero-order valence-electron chi connectivity index (χ0n) is 30.6. The molecule has 0 spiro atoms. The van der Waals surface area contributed by atoms with Crippen molar-refractivity contribution in [3.05, 3.63) is 46.6 Å². The SMILES string of the molecule is CC(C)C.CC(C)C.CC(C)C.CC(C)C.CC=C(C)C.CC=C(C)C.CC=C(C)C.CC=C(C)C. The molecular formula is C36H80. The van der Waals surface area contributed by atoms with Gasteiger partial charge in [0.15, 0.2) is 0 Å². The molecule has 0 bridgehead atoms. The van der Waals surface area contributed by atoms with Crippen LogP contribution in [-0.2, 0) is 0 Å². The zero-order valence-corrected chi connectivity index (χ0v) is 30.6. The number of allylic oxidation sites excluding steroid dienone is 8. The van der Waals surface area contributed by atoms with E-state index in [1.54, 1.807) is 0 Å². The third-order valence-electron chi connectivity index (χ3n) is 2.31. The van der Waals surface area contributed by atoms with Crippen molar-refractivity contribution in [3.63, 3.8) is 0 Å². The van der Waals surface area contributed by atoms with E-state index < -0.39 is 0 Å².